The number of pyridine rings is 1. The molecule has 3 heterocycles. The minimum atomic E-state index is -1.27. The molecule has 4 N–H and O–H groups in total. The quantitative estimate of drug-likeness (QED) is 0.214. The van der Waals surface area contributed by atoms with Crippen molar-refractivity contribution in [1.29, 1.82) is 0 Å². The van der Waals surface area contributed by atoms with Crippen LogP contribution >= 0.6 is 0 Å². The zero-order valence-electron chi connectivity index (χ0n) is 24.3. The van der Waals surface area contributed by atoms with Crippen LogP contribution in [0.5, 0.6) is 0 Å². The van der Waals surface area contributed by atoms with Gasteiger partial charge in [-0.3, -0.25) is 20.5 Å². The van der Waals surface area contributed by atoms with Crippen molar-refractivity contribution in [3.8, 4) is 16.9 Å². The van der Waals surface area contributed by atoms with Gasteiger partial charge >= 0.3 is 6.03 Å². The number of aliphatic hydroxyl groups is 1. The Morgan fingerprint density at radius 3 is 2.59 bits per heavy atom. The maximum atomic E-state index is 14.9. The van der Waals surface area contributed by atoms with Crippen molar-refractivity contribution < 1.29 is 27.9 Å². The van der Waals surface area contributed by atoms with E-state index in [2.05, 4.69) is 26.0 Å². The molecule has 1 aliphatic carbocycles. The number of hydroxylamine groups is 2. The first-order valence-electron chi connectivity index (χ1n) is 14.3. The molecular weight excluding hydrogens is 575 g/mol. The highest BCUT2D eigenvalue weighted by molar-refractivity contribution is 5.91. The Balaban J connectivity index is 1.27. The average Bonchev–Trinajstić information content (AvgIpc) is 3.39. The van der Waals surface area contributed by atoms with Crippen LogP contribution in [0.25, 0.3) is 16.9 Å². The van der Waals surface area contributed by atoms with E-state index < -0.39 is 41.2 Å². The number of urea groups is 1. The summed E-state index contributed by atoms with van der Waals surface area (Å²) in [4.78, 5) is 23.6. The first-order valence-corrected chi connectivity index (χ1v) is 14.3. The van der Waals surface area contributed by atoms with Crippen molar-refractivity contribution in [3.63, 3.8) is 0 Å². The molecule has 0 bridgehead atoms. The number of nitrogens with one attached hydrogen (secondary N) is 3. The summed E-state index contributed by atoms with van der Waals surface area (Å²) < 4.78 is 44.2. The van der Waals surface area contributed by atoms with E-state index in [4.69, 9.17) is 4.84 Å². The van der Waals surface area contributed by atoms with Gasteiger partial charge in [0.1, 0.15) is 23.4 Å². The van der Waals surface area contributed by atoms with Crippen LogP contribution in [-0.4, -0.2) is 57.1 Å². The first kappa shape index (κ1) is 29.8. The minimum Gasteiger partial charge on any atom is -0.373 e. The number of aliphatic hydroxyl groups excluding tert-OH is 1. The van der Waals surface area contributed by atoms with Crippen LogP contribution in [0.4, 0.5) is 23.8 Å². The SMILES string of the molecule is CCN1C[C@@]2(C[C@@H]2NC(=O)Nc2c(C)c(-c3cnc(C(O)NC)c(F)c3)nn2-c2ccccc2)C(c2ccc(F)c(F)c2)O1. The van der Waals surface area contributed by atoms with Crippen LogP contribution in [0.2, 0.25) is 0 Å². The summed E-state index contributed by atoms with van der Waals surface area (Å²) in [6.45, 7) is 4.79. The highest BCUT2D eigenvalue weighted by Gasteiger charge is 2.65. The van der Waals surface area contributed by atoms with Crippen LogP contribution in [0.3, 0.4) is 0 Å². The maximum Gasteiger partial charge on any atom is 0.320 e. The van der Waals surface area contributed by atoms with Gasteiger partial charge in [-0.1, -0.05) is 31.2 Å². The number of para-hydroxylation sites is 1. The van der Waals surface area contributed by atoms with Crippen molar-refractivity contribution >= 4 is 11.8 Å². The summed E-state index contributed by atoms with van der Waals surface area (Å²) in [5.74, 6) is -2.23. The lowest BCUT2D eigenvalue weighted by molar-refractivity contribution is -0.146. The average molecular weight is 608 g/mol. The molecule has 10 nitrogen and oxygen atoms in total. The molecule has 2 aliphatic rings. The Kier molecular flexibility index (Phi) is 7.88. The Bertz CT molecular complexity index is 1700. The highest BCUT2D eigenvalue weighted by Crippen LogP contribution is 2.60. The van der Waals surface area contributed by atoms with Crippen LogP contribution in [0.15, 0.2) is 60.8 Å². The number of carbonyl (C=O) groups excluding carboxylic acids is 1. The number of nitrogens with zero attached hydrogens (tertiary/aromatic N) is 4. The van der Waals surface area contributed by atoms with E-state index in [0.717, 1.165) is 12.1 Å². The van der Waals surface area contributed by atoms with Crippen LogP contribution in [-0.2, 0) is 4.84 Å². The van der Waals surface area contributed by atoms with E-state index in [1.165, 1.54) is 25.4 Å². The van der Waals surface area contributed by atoms with Gasteiger partial charge in [0.25, 0.3) is 0 Å². The van der Waals surface area contributed by atoms with Gasteiger partial charge in [-0.2, -0.15) is 10.2 Å². The van der Waals surface area contributed by atoms with Crippen molar-refractivity contribution in [2.75, 3.05) is 25.5 Å². The van der Waals surface area contributed by atoms with E-state index in [-0.39, 0.29) is 11.7 Å². The molecule has 2 amide bonds. The predicted molar refractivity (Wildman–Crippen MR) is 156 cm³/mol. The second kappa shape index (κ2) is 11.7. The van der Waals surface area contributed by atoms with Crippen LogP contribution in [0.1, 0.15) is 42.5 Å². The van der Waals surface area contributed by atoms with Gasteiger partial charge in [-0.25, -0.2) is 22.6 Å². The van der Waals surface area contributed by atoms with Crippen LogP contribution < -0.4 is 16.0 Å². The molecule has 0 radical (unpaired) electrons. The number of amides is 2. The molecular formula is C31H32F3N7O3. The Hall–Kier alpha value is -4.30. The van der Waals surface area contributed by atoms with Gasteiger partial charge in [0, 0.05) is 41.9 Å². The van der Waals surface area contributed by atoms with E-state index in [0.29, 0.717) is 53.4 Å². The van der Waals surface area contributed by atoms with Gasteiger partial charge in [0.05, 0.1) is 11.4 Å². The van der Waals surface area contributed by atoms with Crippen LogP contribution in [0, 0.1) is 29.8 Å². The summed E-state index contributed by atoms with van der Waals surface area (Å²) in [5, 5.41) is 24.9. The van der Waals surface area contributed by atoms with Crippen molar-refractivity contribution in [2.24, 2.45) is 5.41 Å². The fourth-order valence-corrected chi connectivity index (χ4v) is 5.83. The number of hydrogen-bond acceptors (Lipinski definition) is 7. The zero-order chi connectivity index (χ0) is 31.2. The largest absolute Gasteiger partial charge is 0.373 e. The zero-order valence-corrected chi connectivity index (χ0v) is 24.3. The molecule has 1 aliphatic heterocycles. The first-order chi connectivity index (χ1) is 21.1. The van der Waals surface area contributed by atoms with E-state index in [9.17, 15) is 23.1 Å². The van der Waals surface area contributed by atoms with Gasteiger partial charge < -0.3 is 10.4 Å². The number of rotatable bonds is 8. The normalized spacial score (nSPS) is 21.9. The molecule has 44 heavy (non-hydrogen) atoms. The van der Waals surface area contributed by atoms with Gasteiger partial charge in [0.2, 0.25) is 0 Å². The molecule has 2 fully saturated rings. The predicted octanol–water partition coefficient (Wildman–Crippen LogP) is 4.76. The lowest BCUT2D eigenvalue weighted by Crippen LogP contribution is -2.36. The number of carbonyl (C=O) groups is 1. The molecule has 230 valence electrons. The number of anilines is 1. The molecule has 2 aromatic carbocycles. The van der Waals surface area contributed by atoms with E-state index in [1.54, 1.807) is 16.7 Å². The Morgan fingerprint density at radius 2 is 1.91 bits per heavy atom. The topological polar surface area (TPSA) is 117 Å². The minimum absolute atomic E-state index is 0.147. The Morgan fingerprint density at radius 1 is 1.14 bits per heavy atom. The smallest absolute Gasteiger partial charge is 0.320 e. The lowest BCUT2D eigenvalue weighted by atomic mass is 9.92. The number of aromatic nitrogens is 3. The van der Waals surface area contributed by atoms with Crippen molar-refractivity contribution in [2.45, 2.75) is 38.6 Å². The fourth-order valence-electron chi connectivity index (χ4n) is 5.83. The number of benzene rings is 2. The van der Waals surface area contributed by atoms with E-state index >= 15 is 0 Å². The van der Waals surface area contributed by atoms with Crippen molar-refractivity contribution in [3.05, 3.63) is 95.1 Å². The summed E-state index contributed by atoms with van der Waals surface area (Å²) in [5.41, 5.74) is 1.83. The molecule has 1 saturated carbocycles. The highest BCUT2D eigenvalue weighted by atomic mass is 19.2. The second-order valence-corrected chi connectivity index (χ2v) is 11.1. The van der Waals surface area contributed by atoms with Gasteiger partial charge in [-0.05, 0) is 56.3 Å². The Labute approximate surface area is 251 Å². The molecule has 2 aromatic heterocycles. The van der Waals surface area contributed by atoms with Gasteiger partial charge in [0.15, 0.2) is 17.9 Å². The lowest BCUT2D eigenvalue weighted by Gasteiger charge is -2.19. The third-order valence-electron chi connectivity index (χ3n) is 8.30. The summed E-state index contributed by atoms with van der Waals surface area (Å²) in [7, 11) is 1.49. The second-order valence-electron chi connectivity index (χ2n) is 11.1. The monoisotopic (exact) mass is 607 g/mol. The van der Waals surface area contributed by atoms with Crippen molar-refractivity contribution in [1.82, 2.24) is 30.5 Å². The molecule has 13 heteroatoms. The third kappa shape index (κ3) is 5.32. The fraction of sp³-hybridized carbons (Fsp3) is 0.323. The molecule has 4 atom stereocenters. The third-order valence-corrected chi connectivity index (χ3v) is 8.30. The summed E-state index contributed by atoms with van der Waals surface area (Å²) >= 11 is 0. The number of hydrogen-bond donors (Lipinski definition) is 4. The van der Waals surface area contributed by atoms with E-state index in [1.807, 2.05) is 37.3 Å². The molecule has 1 saturated heterocycles. The summed E-state index contributed by atoms with van der Waals surface area (Å²) in [6, 6.07) is 13.3. The maximum absolute atomic E-state index is 14.9. The molecule has 1 spiro atoms. The number of halogens is 3. The molecule has 2 unspecified atom stereocenters. The molecule has 4 aromatic rings. The summed E-state index contributed by atoms with van der Waals surface area (Å²) in [6.07, 6.45) is 0.172. The van der Waals surface area contributed by atoms with Gasteiger partial charge in [-0.15, -0.1) is 0 Å². The standard InChI is InChI=1S/C31H32F3N7O3/c1-4-40-16-31(27(44-40)18-10-11-21(32)22(33)12-18)14-24(31)37-30(43)38-28-17(2)25(39-41(28)20-8-6-5-7-9-20)19-13-23(34)26(36-15-19)29(42)35-3/h5-13,15,24,27,29,35,42H,4,14,16H2,1-3H3,(H2,37,38,43)/t24-,27?,29?,31+/m0/s1. The molecule has 6 rings (SSSR count).